The van der Waals surface area contributed by atoms with Crippen molar-refractivity contribution in [1.82, 2.24) is 4.90 Å². The Hall–Kier alpha value is -1.36. The van der Waals surface area contributed by atoms with Gasteiger partial charge in [0.2, 0.25) is 5.91 Å². The molecule has 2 heterocycles. The Labute approximate surface area is 110 Å². The van der Waals surface area contributed by atoms with Gasteiger partial charge in [0.15, 0.2) is 0 Å². The molecule has 1 N–H and O–H groups in total. The van der Waals surface area contributed by atoms with Gasteiger partial charge in [-0.15, -0.1) is 0 Å². The van der Waals surface area contributed by atoms with Gasteiger partial charge in [0.25, 0.3) is 0 Å². The molecule has 0 unspecified atom stereocenters. The van der Waals surface area contributed by atoms with Gasteiger partial charge in [-0.2, -0.15) is 11.3 Å². The van der Waals surface area contributed by atoms with Crippen molar-refractivity contribution < 1.29 is 14.7 Å². The Morgan fingerprint density at radius 3 is 2.61 bits per heavy atom. The zero-order chi connectivity index (χ0) is 13.0. The fraction of sp³-hybridized carbons (Fsp3) is 0.538. The van der Waals surface area contributed by atoms with Gasteiger partial charge in [-0.1, -0.05) is 0 Å². The van der Waals surface area contributed by atoms with Crippen LogP contribution in [0.1, 0.15) is 37.2 Å². The highest BCUT2D eigenvalue weighted by molar-refractivity contribution is 7.07. The highest BCUT2D eigenvalue weighted by atomic mass is 32.1. The Morgan fingerprint density at radius 1 is 1.33 bits per heavy atom. The van der Waals surface area contributed by atoms with Crippen molar-refractivity contribution >= 4 is 23.2 Å². The number of thiophene rings is 1. The van der Waals surface area contributed by atoms with Crippen molar-refractivity contribution in [3.05, 3.63) is 22.4 Å². The largest absolute Gasteiger partial charge is 0.481 e. The summed E-state index contributed by atoms with van der Waals surface area (Å²) in [7, 11) is 0. The molecule has 1 saturated heterocycles. The Morgan fingerprint density at radius 2 is 2.06 bits per heavy atom. The van der Waals surface area contributed by atoms with Crippen LogP contribution >= 0.6 is 11.3 Å². The average Bonchev–Trinajstić information content (AvgIpc) is 2.90. The number of likely N-dealkylation sites (tertiary alicyclic amines) is 1. The molecule has 1 aromatic rings. The molecule has 1 fully saturated rings. The monoisotopic (exact) mass is 267 g/mol. The minimum Gasteiger partial charge on any atom is -0.481 e. The standard InChI is InChI=1S/C13H17NO3S/c15-12(1-2-13(16)17)14-6-3-10(4-7-14)11-5-8-18-9-11/h5,8-10H,1-4,6-7H2,(H,16,17). The zero-order valence-electron chi connectivity index (χ0n) is 10.2. The number of nitrogens with zero attached hydrogens (tertiary/aromatic N) is 1. The molecular formula is C13H17NO3S. The van der Waals surface area contributed by atoms with E-state index in [4.69, 9.17) is 5.11 Å². The fourth-order valence-electron chi connectivity index (χ4n) is 2.34. The molecule has 1 aliphatic heterocycles. The molecule has 1 aromatic heterocycles. The van der Waals surface area contributed by atoms with E-state index in [0.29, 0.717) is 5.92 Å². The number of carbonyl (C=O) groups excluding carboxylic acids is 1. The predicted octanol–water partition coefficient (Wildman–Crippen LogP) is 2.32. The molecule has 0 aliphatic carbocycles. The molecule has 0 spiro atoms. The summed E-state index contributed by atoms with van der Waals surface area (Å²) in [6, 6.07) is 2.15. The molecule has 0 saturated carbocycles. The van der Waals surface area contributed by atoms with Crippen molar-refractivity contribution in [2.75, 3.05) is 13.1 Å². The van der Waals surface area contributed by atoms with E-state index in [1.165, 1.54) is 5.56 Å². The van der Waals surface area contributed by atoms with Crippen LogP contribution in [-0.4, -0.2) is 35.0 Å². The van der Waals surface area contributed by atoms with E-state index in [9.17, 15) is 9.59 Å². The van der Waals surface area contributed by atoms with Crippen LogP contribution in [-0.2, 0) is 9.59 Å². The number of carboxylic acid groups (broad SMARTS) is 1. The maximum absolute atomic E-state index is 11.8. The summed E-state index contributed by atoms with van der Waals surface area (Å²) in [6.45, 7) is 1.50. The molecule has 1 aliphatic rings. The van der Waals surface area contributed by atoms with Crippen LogP contribution in [0.3, 0.4) is 0 Å². The number of carboxylic acids is 1. The van der Waals surface area contributed by atoms with Gasteiger partial charge < -0.3 is 10.0 Å². The highest BCUT2D eigenvalue weighted by Gasteiger charge is 2.23. The Balaban J connectivity index is 1.79. The zero-order valence-corrected chi connectivity index (χ0v) is 11.0. The lowest BCUT2D eigenvalue weighted by Gasteiger charge is -2.31. The summed E-state index contributed by atoms with van der Waals surface area (Å²) < 4.78 is 0. The normalized spacial score (nSPS) is 16.8. The van der Waals surface area contributed by atoms with Gasteiger partial charge in [-0.3, -0.25) is 9.59 Å². The first-order chi connectivity index (χ1) is 8.66. The lowest BCUT2D eigenvalue weighted by atomic mass is 9.91. The van der Waals surface area contributed by atoms with Gasteiger partial charge in [0.05, 0.1) is 6.42 Å². The summed E-state index contributed by atoms with van der Waals surface area (Å²) >= 11 is 1.71. The van der Waals surface area contributed by atoms with Crippen LogP contribution in [0.25, 0.3) is 0 Å². The Kier molecular flexibility index (Phi) is 4.36. The number of aliphatic carboxylic acids is 1. The van der Waals surface area contributed by atoms with E-state index in [-0.39, 0.29) is 18.7 Å². The minimum absolute atomic E-state index is 0.0267. The SMILES string of the molecule is O=C(O)CCC(=O)N1CCC(c2ccsc2)CC1. The van der Waals surface area contributed by atoms with Crippen LogP contribution in [0.15, 0.2) is 16.8 Å². The summed E-state index contributed by atoms with van der Waals surface area (Å²) in [5.41, 5.74) is 1.37. The van der Waals surface area contributed by atoms with Crippen LogP contribution in [0.4, 0.5) is 0 Å². The number of carbonyl (C=O) groups is 2. The number of hydrogen-bond donors (Lipinski definition) is 1. The number of hydrogen-bond acceptors (Lipinski definition) is 3. The molecular weight excluding hydrogens is 250 g/mol. The van der Waals surface area contributed by atoms with Gasteiger partial charge in [0, 0.05) is 19.5 Å². The van der Waals surface area contributed by atoms with Crippen molar-refractivity contribution in [3.8, 4) is 0 Å². The summed E-state index contributed by atoms with van der Waals surface area (Å²) in [5.74, 6) is -0.377. The van der Waals surface area contributed by atoms with Crippen LogP contribution in [0.2, 0.25) is 0 Å². The number of amides is 1. The molecule has 4 nitrogen and oxygen atoms in total. The lowest BCUT2D eigenvalue weighted by Crippen LogP contribution is -2.37. The Bertz CT molecular complexity index is 408. The van der Waals surface area contributed by atoms with E-state index in [0.717, 1.165) is 25.9 Å². The van der Waals surface area contributed by atoms with E-state index in [2.05, 4.69) is 16.8 Å². The first-order valence-electron chi connectivity index (χ1n) is 6.18. The molecule has 0 aromatic carbocycles. The van der Waals surface area contributed by atoms with Crippen LogP contribution in [0, 0.1) is 0 Å². The second-order valence-electron chi connectivity index (χ2n) is 4.61. The van der Waals surface area contributed by atoms with Crippen molar-refractivity contribution in [2.45, 2.75) is 31.6 Å². The van der Waals surface area contributed by atoms with E-state index in [1.807, 2.05) is 0 Å². The number of rotatable bonds is 4. The van der Waals surface area contributed by atoms with Crippen LogP contribution < -0.4 is 0 Å². The van der Waals surface area contributed by atoms with Crippen molar-refractivity contribution in [2.24, 2.45) is 0 Å². The van der Waals surface area contributed by atoms with Crippen molar-refractivity contribution in [1.29, 1.82) is 0 Å². The first-order valence-corrected chi connectivity index (χ1v) is 7.13. The highest BCUT2D eigenvalue weighted by Crippen LogP contribution is 2.29. The molecule has 2 rings (SSSR count). The smallest absolute Gasteiger partial charge is 0.303 e. The average molecular weight is 267 g/mol. The maximum Gasteiger partial charge on any atom is 0.303 e. The van der Waals surface area contributed by atoms with Gasteiger partial charge in [-0.25, -0.2) is 0 Å². The van der Waals surface area contributed by atoms with Crippen LogP contribution in [0.5, 0.6) is 0 Å². The quantitative estimate of drug-likeness (QED) is 0.910. The van der Waals surface area contributed by atoms with E-state index >= 15 is 0 Å². The van der Waals surface area contributed by atoms with Gasteiger partial charge in [0.1, 0.15) is 0 Å². The van der Waals surface area contributed by atoms with Gasteiger partial charge in [-0.05, 0) is 41.1 Å². The second-order valence-corrected chi connectivity index (χ2v) is 5.39. The molecule has 98 valence electrons. The van der Waals surface area contributed by atoms with E-state index in [1.54, 1.807) is 16.2 Å². The summed E-state index contributed by atoms with van der Waals surface area (Å²) in [4.78, 5) is 24.0. The topological polar surface area (TPSA) is 57.6 Å². The third-order valence-corrected chi connectivity index (χ3v) is 4.12. The maximum atomic E-state index is 11.8. The summed E-state index contributed by atoms with van der Waals surface area (Å²) in [6.07, 6.45) is 2.02. The third kappa shape index (κ3) is 3.32. The van der Waals surface area contributed by atoms with Gasteiger partial charge >= 0.3 is 5.97 Å². The van der Waals surface area contributed by atoms with Crippen molar-refractivity contribution in [3.63, 3.8) is 0 Å². The molecule has 0 bridgehead atoms. The lowest BCUT2D eigenvalue weighted by molar-refractivity contribution is -0.141. The first kappa shape index (κ1) is 13.1. The molecule has 5 heteroatoms. The molecule has 0 atom stereocenters. The number of piperidine rings is 1. The minimum atomic E-state index is -0.906. The predicted molar refractivity (Wildman–Crippen MR) is 69.7 cm³/mol. The molecule has 1 amide bonds. The third-order valence-electron chi connectivity index (χ3n) is 3.41. The fourth-order valence-corrected chi connectivity index (χ4v) is 3.08. The van der Waals surface area contributed by atoms with E-state index < -0.39 is 5.97 Å². The summed E-state index contributed by atoms with van der Waals surface area (Å²) in [5, 5.41) is 12.8. The molecule has 18 heavy (non-hydrogen) atoms. The second kappa shape index (κ2) is 6.00. The molecule has 0 radical (unpaired) electrons.